The van der Waals surface area contributed by atoms with E-state index in [0.717, 1.165) is 22.5 Å². The first-order chi connectivity index (χ1) is 13.7. The smallest absolute Gasteiger partial charge is 0.388 e. The van der Waals surface area contributed by atoms with E-state index in [1.807, 2.05) is 13.1 Å². The molecule has 3 aromatic rings. The maximum Gasteiger partial charge on any atom is 0.388 e. The molecule has 1 amide bonds. The molecule has 4 rings (SSSR count). The van der Waals surface area contributed by atoms with Gasteiger partial charge in [0, 0.05) is 5.56 Å². The summed E-state index contributed by atoms with van der Waals surface area (Å²) in [5, 5.41) is 7.02. The van der Waals surface area contributed by atoms with Gasteiger partial charge in [-0.05, 0) is 30.4 Å². The van der Waals surface area contributed by atoms with Gasteiger partial charge < -0.3 is 10.1 Å². The number of alkyl halides is 2. The summed E-state index contributed by atoms with van der Waals surface area (Å²) in [6, 6.07) is 1.32. The van der Waals surface area contributed by atoms with Crippen LogP contribution in [-0.2, 0) is 10.2 Å². The van der Waals surface area contributed by atoms with E-state index in [1.54, 1.807) is 10.7 Å². The fourth-order valence-electron chi connectivity index (χ4n) is 3.87. The lowest BCUT2D eigenvalue weighted by Crippen LogP contribution is -2.21. The van der Waals surface area contributed by atoms with Crippen LogP contribution in [-0.4, -0.2) is 32.1 Å². The Morgan fingerprint density at radius 2 is 2.17 bits per heavy atom. The highest BCUT2D eigenvalue weighted by molar-refractivity contribution is 6.32. The Kier molecular flexibility index (Phi) is 4.65. The molecule has 1 N–H and O–H groups in total. The number of halogens is 3. The topological polar surface area (TPSA) is 81.4 Å². The second-order valence-corrected chi connectivity index (χ2v) is 8.05. The average Bonchev–Trinajstić information content (AvgIpc) is 3.13. The number of rotatable bonds is 4. The lowest BCUT2D eigenvalue weighted by molar-refractivity contribution is -0.117. The number of ether oxygens (including phenoxy) is 1. The molecule has 0 aliphatic heterocycles. The Labute approximate surface area is 170 Å². The molecule has 1 aliphatic carbocycles. The van der Waals surface area contributed by atoms with Crippen molar-refractivity contribution in [3.8, 4) is 5.88 Å². The van der Waals surface area contributed by atoms with E-state index in [2.05, 4.69) is 39.0 Å². The van der Waals surface area contributed by atoms with E-state index in [-0.39, 0.29) is 16.3 Å². The maximum absolute atomic E-state index is 13.0. The molecule has 29 heavy (non-hydrogen) atoms. The summed E-state index contributed by atoms with van der Waals surface area (Å²) in [7, 11) is 0. The number of nitrogens with one attached hydrogen (secondary N) is 1. The molecule has 0 aromatic carbocycles. The molecular formula is C19H18ClF2N5O2. The zero-order chi connectivity index (χ0) is 20.9. The lowest BCUT2D eigenvalue weighted by Gasteiger charge is -2.19. The highest BCUT2D eigenvalue weighted by Gasteiger charge is 2.43. The van der Waals surface area contributed by atoms with Crippen molar-refractivity contribution in [2.45, 2.75) is 45.1 Å². The monoisotopic (exact) mass is 421 g/mol. The molecule has 152 valence electrons. The molecule has 0 bridgehead atoms. The number of pyridine rings is 1. The van der Waals surface area contributed by atoms with Crippen LogP contribution in [0.1, 0.15) is 43.0 Å². The van der Waals surface area contributed by atoms with Crippen molar-refractivity contribution < 1.29 is 18.3 Å². The average molecular weight is 422 g/mol. The van der Waals surface area contributed by atoms with Crippen LogP contribution in [0.5, 0.6) is 5.88 Å². The van der Waals surface area contributed by atoms with Gasteiger partial charge in [0.2, 0.25) is 11.8 Å². The van der Waals surface area contributed by atoms with Gasteiger partial charge in [0.1, 0.15) is 5.02 Å². The molecule has 3 aromatic heterocycles. The normalized spacial score (nSPS) is 17.6. The van der Waals surface area contributed by atoms with Crippen molar-refractivity contribution in [1.82, 2.24) is 19.6 Å². The van der Waals surface area contributed by atoms with Crippen molar-refractivity contribution >= 4 is 28.8 Å². The molecule has 0 saturated heterocycles. The third kappa shape index (κ3) is 3.50. The number of amides is 1. The molecule has 10 heteroatoms. The Bertz CT molecular complexity index is 1120. The van der Waals surface area contributed by atoms with Gasteiger partial charge in [-0.3, -0.25) is 4.79 Å². The summed E-state index contributed by atoms with van der Waals surface area (Å²) in [5.41, 5.74) is 3.43. The van der Waals surface area contributed by atoms with Gasteiger partial charge in [-0.15, -0.1) is 0 Å². The van der Waals surface area contributed by atoms with Gasteiger partial charge in [0.25, 0.3) is 0 Å². The molecule has 0 fully saturated rings. The SMILES string of the molecule is Cc1cn2ncc3c(c2n1)C(C)(C)C[C@H]3C(=O)Nc1cnc(OC(F)F)c(Cl)c1. The van der Waals surface area contributed by atoms with Crippen LogP contribution in [0.4, 0.5) is 14.5 Å². The van der Waals surface area contributed by atoms with Crippen molar-refractivity contribution in [2.24, 2.45) is 0 Å². The number of anilines is 1. The Morgan fingerprint density at radius 3 is 2.86 bits per heavy atom. The summed E-state index contributed by atoms with van der Waals surface area (Å²) in [4.78, 5) is 21.3. The van der Waals surface area contributed by atoms with E-state index >= 15 is 0 Å². The summed E-state index contributed by atoms with van der Waals surface area (Å²) in [5.74, 6) is -1.09. The number of carbonyl (C=O) groups excluding carboxylic acids is 1. The molecule has 0 unspecified atom stereocenters. The molecule has 0 spiro atoms. The minimum atomic E-state index is -3.03. The maximum atomic E-state index is 13.0. The minimum Gasteiger partial charge on any atom is -0.415 e. The standard InChI is InChI=1S/C19H18ClF2N5O2/c1-9-8-27-15(25-9)14-12(7-24-27)11(5-19(14,2)3)16(28)26-10-4-13(20)17(23-6-10)29-18(21)22/h4,6-8,11,18H,5H2,1-3H3,(H,26,28)/t11-/m1/s1. The second-order valence-electron chi connectivity index (χ2n) is 7.64. The zero-order valence-electron chi connectivity index (χ0n) is 15.9. The van der Waals surface area contributed by atoms with Gasteiger partial charge in [-0.1, -0.05) is 25.4 Å². The van der Waals surface area contributed by atoms with Crippen molar-refractivity contribution in [1.29, 1.82) is 0 Å². The third-order valence-electron chi connectivity index (χ3n) is 5.00. The predicted octanol–water partition coefficient (Wildman–Crippen LogP) is 4.09. The molecule has 3 heterocycles. The summed E-state index contributed by atoms with van der Waals surface area (Å²) in [6.07, 6.45) is 5.35. The fraction of sp³-hybridized carbons (Fsp3) is 0.368. The first-order valence-electron chi connectivity index (χ1n) is 8.92. The third-order valence-corrected chi connectivity index (χ3v) is 5.27. The first kappa shape index (κ1) is 19.5. The highest BCUT2D eigenvalue weighted by Crippen LogP contribution is 2.47. The summed E-state index contributed by atoms with van der Waals surface area (Å²) < 4.78 is 30.6. The molecule has 1 atom stereocenters. The summed E-state index contributed by atoms with van der Waals surface area (Å²) >= 11 is 5.92. The first-order valence-corrected chi connectivity index (χ1v) is 9.30. The second kappa shape index (κ2) is 6.91. The van der Waals surface area contributed by atoms with Gasteiger partial charge in [-0.2, -0.15) is 13.9 Å². The minimum absolute atomic E-state index is 0.119. The number of hydrogen-bond donors (Lipinski definition) is 1. The van der Waals surface area contributed by atoms with Crippen molar-refractivity contribution in [2.75, 3.05) is 5.32 Å². The Morgan fingerprint density at radius 1 is 1.41 bits per heavy atom. The number of carbonyl (C=O) groups is 1. The molecule has 7 nitrogen and oxygen atoms in total. The van der Waals surface area contributed by atoms with Crippen LogP contribution in [0, 0.1) is 6.92 Å². The molecule has 1 aliphatic rings. The van der Waals surface area contributed by atoms with Crippen molar-refractivity contribution in [3.63, 3.8) is 0 Å². The quantitative estimate of drug-likeness (QED) is 0.686. The van der Waals surface area contributed by atoms with Gasteiger partial charge in [0.05, 0.1) is 35.9 Å². The molecule has 0 radical (unpaired) electrons. The van der Waals surface area contributed by atoms with Crippen LogP contribution in [0.2, 0.25) is 5.02 Å². The summed E-state index contributed by atoms with van der Waals surface area (Å²) in [6.45, 7) is 3.00. The number of imidazole rings is 1. The van der Waals surface area contributed by atoms with E-state index < -0.39 is 18.4 Å². The number of hydrogen-bond acceptors (Lipinski definition) is 5. The van der Waals surface area contributed by atoms with Crippen LogP contribution >= 0.6 is 11.6 Å². The Balaban J connectivity index is 1.63. The van der Waals surface area contributed by atoms with E-state index in [9.17, 15) is 13.6 Å². The zero-order valence-corrected chi connectivity index (χ0v) is 16.7. The van der Waals surface area contributed by atoms with E-state index in [4.69, 9.17) is 11.6 Å². The molecule has 0 saturated carbocycles. The highest BCUT2D eigenvalue weighted by atomic mass is 35.5. The largest absolute Gasteiger partial charge is 0.415 e. The van der Waals surface area contributed by atoms with Crippen LogP contribution < -0.4 is 10.1 Å². The number of aromatic nitrogens is 4. The number of nitrogens with zero attached hydrogens (tertiary/aromatic N) is 4. The Hall–Kier alpha value is -2.81. The van der Waals surface area contributed by atoms with Crippen LogP contribution in [0.3, 0.4) is 0 Å². The predicted molar refractivity (Wildman–Crippen MR) is 103 cm³/mol. The van der Waals surface area contributed by atoms with Crippen LogP contribution in [0.15, 0.2) is 24.7 Å². The van der Waals surface area contributed by atoms with Gasteiger partial charge in [-0.25, -0.2) is 14.5 Å². The van der Waals surface area contributed by atoms with E-state index in [0.29, 0.717) is 12.1 Å². The number of fused-ring (bicyclic) bond motifs is 3. The van der Waals surface area contributed by atoms with Gasteiger partial charge >= 0.3 is 6.61 Å². The van der Waals surface area contributed by atoms with Crippen LogP contribution in [0.25, 0.3) is 5.65 Å². The molecular weight excluding hydrogens is 404 g/mol. The van der Waals surface area contributed by atoms with E-state index in [1.165, 1.54) is 12.3 Å². The van der Waals surface area contributed by atoms with Gasteiger partial charge in [0.15, 0.2) is 5.65 Å². The number of aryl methyl sites for hydroxylation is 1. The fourth-order valence-corrected chi connectivity index (χ4v) is 4.08. The van der Waals surface area contributed by atoms with Crippen molar-refractivity contribution in [3.05, 3.63) is 46.5 Å². The lowest BCUT2D eigenvalue weighted by atomic mass is 9.86.